The van der Waals surface area contributed by atoms with E-state index >= 15 is 0 Å². The first kappa shape index (κ1) is 20.5. The molecule has 7 heteroatoms. The van der Waals surface area contributed by atoms with Crippen molar-refractivity contribution >= 4 is 17.6 Å². The quantitative estimate of drug-likeness (QED) is 0.773. The molecular formula is C21H31N3O4. The van der Waals surface area contributed by atoms with E-state index in [-0.39, 0.29) is 23.8 Å². The number of hydrogen-bond acceptors (Lipinski definition) is 6. The number of aromatic hydroxyl groups is 1. The van der Waals surface area contributed by atoms with E-state index in [4.69, 9.17) is 4.74 Å². The van der Waals surface area contributed by atoms with Crippen LogP contribution in [0.2, 0.25) is 0 Å². The predicted molar refractivity (Wildman–Crippen MR) is 107 cm³/mol. The van der Waals surface area contributed by atoms with Gasteiger partial charge in [0.1, 0.15) is 5.75 Å². The maximum atomic E-state index is 12.9. The van der Waals surface area contributed by atoms with E-state index in [9.17, 15) is 14.7 Å². The summed E-state index contributed by atoms with van der Waals surface area (Å²) in [7, 11) is 0. The smallest absolute Gasteiger partial charge is 0.309 e. The molecule has 1 amide bonds. The van der Waals surface area contributed by atoms with E-state index in [1.807, 2.05) is 36.9 Å². The Morgan fingerprint density at radius 3 is 2.36 bits per heavy atom. The lowest BCUT2D eigenvalue weighted by Crippen LogP contribution is -2.55. The number of esters is 1. The van der Waals surface area contributed by atoms with Crippen molar-refractivity contribution in [2.24, 2.45) is 5.92 Å². The SMILES string of the molecule is CCOC(=O)C1CCN(C(=O)[C@H](C)N2CCN(c3ccccc3O)CC2)CC1. The van der Waals surface area contributed by atoms with Gasteiger partial charge >= 0.3 is 5.97 Å². The largest absolute Gasteiger partial charge is 0.506 e. The minimum absolute atomic E-state index is 0.0820. The number of carbonyl (C=O) groups excluding carboxylic acids is 2. The van der Waals surface area contributed by atoms with Crippen LogP contribution in [0.25, 0.3) is 0 Å². The molecule has 0 radical (unpaired) electrons. The standard InChI is InChI=1S/C21H31N3O4/c1-3-28-21(27)17-8-10-24(11-9-17)20(26)16(2)22-12-14-23(15-13-22)18-6-4-5-7-19(18)25/h4-7,16-17,25H,3,8-15H2,1-2H3/t16-/m0/s1. The van der Waals surface area contributed by atoms with E-state index in [0.29, 0.717) is 38.3 Å². The van der Waals surface area contributed by atoms with Crippen molar-refractivity contribution in [3.8, 4) is 5.75 Å². The summed E-state index contributed by atoms with van der Waals surface area (Å²) in [6, 6.07) is 7.20. The van der Waals surface area contributed by atoms with Crippen molar-refractivity contribution in [3.05, 3.63) is 24.3 Å². The van der Waals surface area contributed by atoms with Crippen LogP contribution in [0, 0.1) is 5.92 Å². The molecule has 0 saturated carbocycles. The average molecular weight is 389 g/mol. The zero-order valence-electron chi connectivity index (χ0n) is 16.8. The van der Waals surface area contributed by atoms with Crippen LogP contribution >= 0.6 is 0 Å². The molecule has 2 fully saturated rings. The van der Waals surface area contributed by atoms with Gasteiger partial charge in [0, 0.05) is 39.3 Å². The normalized spacial score (nSPS) is 20.1. The summed E-state index contributed by atoms with van der Waals surface area (Å²) in [5.74, 6) is 0.215. The van der Waals surface area contributed by atoms with Gasteiger partial charge in [-0.2, -0.15) is 0 Å². The maximum absolute atomic E-state index is 12.9. The number of piperidine rings is 1. The van der Waals surface area contributed by atoms with E-state index in [0.717, 1.165) is 31.9 Å². The minimum Gasteiger partial charge on any atom is -0.506 e. The number of rotatable bonds is 5. The minimum atomic E-state index is -0.175. The summed E-state index contributed by atoms with van der Waals surface area (Å²) >= 11 is 0. The molecule has 1 atom stereocenters. The van der Waals surface area contributed by atoms with Gasteiger partial charge in [-0.25, -0.2) is 0 Å². The Bertz CT molecular complexity index is 680. The third-order valence-corrected chi connectivity index (χ3v) is 5.87. The first-order valence-electron chi connectivity index (χ1n) is 10.2. The molecule has 2 saturated heterocycles. The van der Waals surface area contributed by atoms with E-state index < -0.39 is 0 Å². The van der Waals surface area contributed by atoms with Gasteiger partial charge in [-0.3, -0.25) is 14.5 Å². The fourth-order valence-electron chi connectivity index (χ4n) is 4.10. The molecule has 0 bridgehead atoms. The topological polar surface area (TPSA) is 73.3 Å². The number of ether oxygens (including phenoxy) is 1. The van der Waals surface area contributed by atoms with Crippen molar-refractivity contribution in [1.29, 1.82) is 0 Å². The molecule has 3 rings (SSSR count). The first-order valence-corrected chi connectivity index (χ1v) is 10.2. The van der Waals surface area contributed by atoms with Gasteiger partial charge in [0.05, 0.1) is 24.3 Å². The third kappa shape index (κ3) is 4.58. The van der Waals surface area contributed by atoms with Crippen molar-refractivity contribution in [2.45, 2.75) is 32.7 Å². The molecule has 7 nitrogen and oxygen atoms in total. The molecule has 0 unspecified atom stereocenters. The number of phenols is 1. The van der Waals surface area contributed by atoms with Crippen molar-refractivity contribution in [3.63, 3.8) is 0 Å². The second kappa shape index (κ2) is 9.28. The summed E-state index contributed by atoms with van der Waals surface area (Å²) < 4.78 is 5.10. The Labute approximate surface area is 166 Å². The van der Waals surface area contributed by atoms with Crippen molar-refractivity contribution < 1.29 is 19.4 Å². The monoisotopic (exact) mass is 389 g/mol. The molecular weight excluding hydrogens is 358 g/mol. The number of hydrogen-bond donors (Lipinski definition) is 1. The van der Waals surface area contributed by atoms with Gasteiger partial charge in [0.2, 0.25) is 5.91 Å². The van der Waals surface area contributed by atoms with E-state index in [1.165, 1.54) is 0 Å². The summed E-state index contributed by atoms with van der Waals surface area (Å²) in [4.78, 5) is 31.0. The number of carbonyl (C=O) groups is 2. The van der Waals surface area contributed by atoms with Crippen LogP contribution in [0.15, 0.2) is 24.3 Å². The predicted octanol–water partition coefficient (Wildman–Crippen LogP) is 1.70. The van der Waals surface area contributed by atoms with Gasteiger partial charge in [-0.1, -0.05) is 12.1 Å². The van der Waals surface area contributed by atoms with Gasteiger partial charge < -0.3 is 19.6 Å². The molecule has 2 aliphatic rings. The summed E-state index contributed by atoms with van der Waals surface area (Å²) in [6.45, 7) is 8.53. The highest BCUT2D eigenvalue weighted by atomic mass is 16.5. The zero-order valence-corrected chi connectivity index (χ0v) is 16.8. The second-order valence-corrected chi connectivity index (χ2v) is 7.54. The van der Waals surface area contributed by atoms with Gasteiger partial charge in [-0.15, -0.1) is 0 Å². The van der Waals surface area contributed by atoms with Crippen LogP contribution < -0.4 is 4.90 Å². The Morgan fingerprint density at radius 2 is 1.75 bits per heavy atom. The number of nitrogens with zero attached hydrogens (tertiary/aromatic N) is 3. The van der Waals surface area contributed by atoms with Gasteiger partial charge in [-0.05, 0) is 38.8 Å². The van der Waals surface area contributed by atoms with Crippen LogP contribution in [0.3, 0.4) is 0 Å². The van der Waals surface area contributed by atoms with Gasteiger partial charge in [0.15, 0.2) is 0 Å². The molecule has 1 N–H and O–H groups in total. The molecule has 154 valence electrons. The summed E-state index contributed by atoms with van der Waals surface area (Å²) in [5.41, 5.74) is 0.849. The maximum Gasteiger partial charge on any atom is 0.309 e. The second-order valence-electron chi connectivity index (χ2n) is 7.54. The Hall–Kier alpha value is -2.28. The van der Waals surface area contributed by atoms with Crippen LogP contribution in [0.1, 0.15) is 26.7 Å². The first-order chi connectivity index (χ1) is 13.5. The molecule has 0 spiro atoms. The lowest BCUT2D eigenvalue weighted by Gasteiger charge is -2.41. The van der Waals surface area contributed by atoms with E-state index in [2.05, 4.69) is 9.80 Å². The van der Waals surface area contributed by atoms with Gasteiger partial charge in [0.25, 0.3) is 0 Å². The molecule has 28 heavy (non-hydrogen) atoms. The Balaban J connectivity index is 1.49. The highest BCUT2D eigenvalue weighted by molar-refractivity contribution is 5.82. The number of amides is 1. The average Bonchev–Trinajstić information content (AvgIpc) is 2.73. The van der Waals surface area contributed by atoms with Crippen molar-refractivity contribution in [2.75, 3.05) is 50.8 Å². The number of phenolic OH excluding ortho intramolecular Hbond substituents is 1. The van der Waals surface area contributed by atoms with Crippen LogP contribution in [-0.2, 0) is 14.3 Å². The van der Waals surface area contributed by atoms with Crippen LogP contribution in [-0.4, -0.2) is 78.7 Å². The Morgan fingerprint density at radius 1 is 1.11 bits per heavy atom. The lowest BCUT2D eigenvalue weighted by atomic mass is 9.96. The summed E-state index contributed by atoms with van der Waals surface area (Å²) in [6.07, 6.45) is 1.36. The zero-order chi connectivity index (χ0) is 20.1. The fourth-order valence-corrected chi connectivity index (χ4v) is 4.10. The molecule has 1 aromatic rings. The molecule has 0 aliphatic carbocycles. The number of para-hydroxylation sites is 2. The number of anilines is 1. The van der Waals surface area contributed by atoms with Crippen LogP contribution in [0.4, 0.5) is 5.69 Å². The lowest BCUT2D eigenvalue weighted by molar-refractivity contribution is -0.152. The Kier molecular flexibility index (Phi) is 6.78. The highest BCUT2D eigenvalue weighted by Gasteiger charge is 2.33. The molecule has 2 aliphatic heterocycles. The molecule has 1 aromatic carbocycles. The fraction of sp³-hybridized carbons (Fsp3) is 0.619. The van der Waals surface area contributed by atoms with Crippen LogP contribution in [0.5, 0.6) is 5.75 Å². The molecule has 2 heterocycles. The van der Waals surface area contributed by atoms with E-state index in [1.54, 1.807) is 6.07 Å². The summed E-state index contributed by atoms with van der Waals surface area (Å²) in [5, 5.41) is 10.0. The van der Waals surface area contributed by atoms with Crippen molar-refractivity contribution in [1.82, 2.24) is 9.80 Å². The number of likely N-dealkylation sites (tertiary alicyclic amines) is 1. The molecule has 0 aromatic heterocycles. The third-order valence-electron chi connectivity index (χ3n) is 5.87. The number of piperazine rings is 1. The highest BCUT2D eigenvalue weighted by Crippen LogP contribution is 2.27. The number of benzene rings is 1.